The summed E-state index contributed by atoms with van der Waals surface area (Å²) in [5.41, 5.74) is 4.15. The summed E-state index contributed by atoms with van der Waals surface area (Å²) in [6, 6.07) is 35.3. The molecule has 0 radical (unpaired) electrons. The second-order valence-electron chi connectivity index (χ2n) is 8.88. The van der Waals surface area contributed by atoms with Gasteiger partial charge in [0.1, 0.15) is 5.52 Å². The molecule has 0 amide bonds. The van der Waals surface area contributed by atoms with E-state index in [0.717, 1.165) is 38.6 Å². The Balaban J connectivity index is 1.71. The van der Waals surface area contributed by atoms with Crippen LogP contribution < -0.4 is 10.9 Å². The molecule has 36 heavy (non-hydrogen) atoms. The minimum atomic E-state index is -0.593. The number of benzene rings is 6. The molecule has 0 fully saturated rings. The first-order valence-electron chi connectivity index (χ1n) is 11.8. The minimum Gasteiger partial charge on any atom is -0.285 e. The zero-order chi connectivity index (χ0) is 24.2. The Morgan fingerprint density at radius 1 is 0.472 bits per heavy atom. The van der Waals surface area contributed by atoms with E-state index in [1.807, 2.05) is 97.1 Å². The van der Waals surface area contributed by atoms with E-state index >= 15 is 0 Å². The largest absolute Gasteiger partial charge is 0.285 e. The van der Waals surface area contributed by atoms with E-state index in [4.69, 9.17) is 4.98 Å². The second-order valence-corrected chi connectivity index (χ2v) is 8.88. The summed E-state index contributed by atoms with van der Waals surface area (Å²) in [6.07, 6.45) is 0. The van der Waals surface area contributed by atoms with Crippen LogP contribution in [-0.4, -0.2) is 9.97 Å². The molecule has 0 atom stereocenters. The third-order valence-corrected chi connectivity index (χ3v) is 6.81. The van der Waals surface area contributed by atoms with Gasteiger partial charge in [-0.15, -0.1) is 0 Å². The molecule has 0 saturated heterocycles. The van der Waals surface area contributed by atoms with E-state index in [2.05, 4.69) is 17.1 Å². The number of nitrogens with zero attached hydrogens (tertiary/aromatic N) is 2. The van der Waals surface area contributed by atoms with Gasteiger partial charge in [-0.25, -0.2) is 9.97 Å². The predicted octanol–water partition coefficient (Wildman–Crippen LogP) is 6.53. The monoisotopic (exact) mass is 462 g/mol. The van der Waals surface area contributed by atoms with Crippen LogP contribution in [0.15, 0.2) is 119 Å². The fraction of sp³-hybridized carbons (Fsp3) is 0. The molecule has 168 valence electrons. The van der Waals surface area contributed by atoms with Gasteiger partial charge in [-0.1, -0.05) is 97.1 Å². The first kappa shape index (κ1) is 20.4. The lowest BCUT2D eigenvalue weighted by atomic mass is 9.87. The van der Waals surface area contributed by atoms with Crippen molar-refractivity contribution in [1.82, 2.24) is 9.97 Å². The standard InChI is InChI=1S/C32H18N2O2/c35-30-27-24(20-12-6-2-7-13-20)18-23(19-10-4-1-5-11-19)22-16-17-25-28(26(22)27)29(31(30)36)34-32(33-25)21-14-8-3-9-15-21/h1-18H. The van der Waals surface area contributed by atoms with Gasteiger partial charge in [0.05, 0.1) is 5.52 Å². The van der Waals surface area contributed by atoms with Crippen molar-refractivity contribution >= 4 is 32.6 Å². The maximum Gasteiger partial charge on any atom is 0.252 e. The molecule has 1 aromatic heterocycles. The third-order valence-electron chi connectivity index (χ3n) is 6.81. The van der Waals surface area contributed by atoms with Crippen molar-refractivity contribution in [3.63, 3.8) is 0 Å². The van der Waals surface area contributed by atoms with E-state index in [0.29, 0.717) is 22.1 Å². The molecule has 4 heteroatoms. The summed E-state index contributed by atoms with van der Waals surface area (Å²) in [7, 11) is 0. The Morgan fingerprint density at radius 2 is 1.06 bits per heavy atom. The SMILES string of the molecule is O=c1c(=O)c2c(-c3ccccc3)cc(-c3ccccc3)c3ccc4nc(-c5ccccc5)nc1c4c32. The van der Waals surface area contributed by atoms with E-state index in [1.165, 1.54) is 0 Å². The van der Waals surface area contributed by atoms with Crippen LogP contribution in [0.1, 0.15) is 0 Å². The summed E-state index contributed by atoms with van der Waals surface area (Å²) in [6.45, 7) is 0. The average molecular weight is 463 g/mol. The number of hydrogen-bond donors (Lipinski definition) is 0. The molecule has 0 aliphatic rings. The van der Waals surface area contributed by atoms with Gasteiger partial charge < -0.3 is 0 Å². The molecule has 0 saturated carbocycles. The fourth-order valence-corrected chi connectivity index (χ4v) is 5.18. The number of hydrogen-bond acceptors (Lipinski definition) is 4. The highest BCUT2D eigenvalue weighted by atomic mass is 16.2. The Kier molecular flexibility index (Phi) is 4.42. The molecule has 1 heterocycles. The van der Waals surface area contributed by atoms with Crippen molar-refractivity contribution in [1.29, 1.82) is 0 Å². The lowest BCUT2D eigenvalue weighted by Crippen LogP contribution is -2.26. The number of rotatable bonds is 3. The molecular formula is C32H18N2O2. The van der Waals surface area contributed by atoms with Gasteiger partial charge in [-0.2, -0.15) is 0 Å². The topological polar surface area (TPSA) is 59.9 Å². The van der Waals surface area contributed by atoms with Gasteiger partial charge in [0, 0.05) is 21.7 Å². The van der Waals surface area contributed by atoms with Crippen molar-refractivity contribution in [3.05, 3.63) is 130 Å². The minimum absolute atomic E-state index is 0.172. The van der Waals surface area contributed by atoms with Gasteiger partial charge in [-0.3, -0.25) is 9.59 Å². The van der Waals surface area contributed by atoms with Gasteiger partial charge in [-0.05, 0) is 39.8 Å². The first-order valence-corrected chi connectivity index (χ1v) is 11.8. The third kappa shape index (κ3) is 2.95. The highest BCUT2D eigenvalue weighted by Crippen LogP contribution is 2.41. The van der Waals surface area contributed by atoms with Crippen LogP contribution in [0.3, 0.4) is 0 Å². The molecule has 6 aromatic carbocycles. The Bertz CT molecular complexity index is 2010. The van der Waals surface area contributed by atoms with Crippen LogP contribution >= 0.6 is 0 Å². The Morgan fingerprint density at radius 3 is 1.69 bits per heavy atom. The zero-order valence-electron chi connectivity index (χ0n) is 19.1. The van der Waals surface area contributed by atoms with E-state index < -0.39 is 10.9 Å². The zero-order valence-corrected chi connectivity index (χ0v) is 19.1. The molecule has 7 rings (SSSR count). The maximum atomic E-state index is 13.7. The van der Waals surface area contributed by atoms with Crippen LogP contribution in [0.2, 0.25) is 0 Å². The first-order chi connectivity index (χ1) is 17.7. The smallest absolute Gasteiger partial charge is 0.252 e. The van der Waals surface area contributed by atoms with Crippen LogP contribution in [0, 0.1) is 0 Å². The lowest BCUT2D eigenvalue weighted by Gasteiger charge is -2.17. The molecule has 0 aliphatic heterocycles. The fourth-order valence-electron chi connectivity index (χ4n) is 5.18. The summed E-state index contributed by atoms with van der Waals surface area (Å²) < 4.78 is 0. The summed E-state index contributed by atoms with van der Waals surface area (Å²) in [5.74, 6) is 0.435. The van der Waals surface area contributed by atoms with Crippen molar-refractivity contribution in [2.45, 2.75) is 0 Å². The van der Waals surface area contributed by atoms with Crippen LogP contribution in [0.5, 0.6) is 0 Å². The predicted molar refractivity (Wildman–Crippen MR) is 146 cm³/mol. The number of aromatic nitrogens is 2. The molecule has 7 aromatic rings. The molecule has 0 bridgehead atoms. The Hall–Kier alpha value is -4.96. The van der Waals surface area contributed by atoms with Crippen molar-refractivity contribution in [2.24, 2.45) is 0 Å². The van der Waals surface area contributed by atoms with Crippen LogP contribution in [0.4, 0.5) is 0 Å². The molecule has 0 aliphatic carbocycles. The van der Waals surface area contributed by atoms with Gasteiger partial charge >= 0.3 is 0 Å². The van der Waals surface area contributed by atoms with Crippen molar-refractivity contribution < 1.29 is 0 Å². The van der Waals surface area contributed by atoms with Crippen molar-refractivity contribution in [2.75, 3.05) is 0 Å². The molecule has 0 spiro atoms. The van der Waals surface area contributed by atoms with E-state index in [1.54, 1.807) is 0 Å². The van der Waals surface area contributed by atoms with E-state index in [-0.39, 0.29) is 5.52 Å². The van der Waals surface area contributed by atoms with Crippen LogP contribution in [-0.2, 0) is 0 Å². The highest BCUT2D eigenvalue weighted by molar-refractivity contribution is 6.27. The van der Waals surface area contributed by atoms with Gasteiger partial charge in [0.25, 0.3) is 5.43 Å². The quantitative estimate of drug-likeness (QED) is 0.221. The molecule has 4 nitrogen and oxygen atoms in total. The van der Waals surface area contributed by atoms with E-state index in [9.17, 15) is 9.59 Å². The van der Waals surface area contributed by atoms with Crippen molar-refractivity contribution in [3.8, 4) is 33.6 Å². The highest BCUT2D eigenvalue weighted by Gasteiger charge is 2.23. The maximum absolute atomic E-state index is 13.7. The van der Waals surface area contributed by atoms with Gasteiger partial charge in [0.2, 0.25) is 5.43 Å². The second kappa shape index (κ2) is 7.79. The van der Waals surface area contributed by atoms with Crippen LogP contribution in [0.25, 0.3) is 66.2 Å². The summed E-state index contributed by atoms with van der Waals surface area (Å²) >= 11 is 0. The Labute approximate surface area is 205 Å². The summed E-state index contributed by atoms with van der Waals surface area (Å²) in [5, 5.41) is 2.71. The molecule has 0 unspecified atom stereocenters. The molecular weight excluding hydrogens is 444 g/mol. The molecule has 0 N–H and O–H groups in total. The average Bonchev–Trinajstić information content (AvgIpc) is 2.95. The van der Waals surface area contributed by atoms with Gasteiger partial charge in [0.15, 0.2) is 5.82 Å². The summed E-state index contributed by atoms with van der Waals surface area (Å²) in [4.78, 5) is 36.7. The normalized spacial score (nSPS) is 11.6. The lowest BCUT2D eigenvalue weighted by molar-refractivity contribution is 1.25.